The zero-order valence-corrected chi connectivity index (χ0v) is 16.5. The van der Waals surface area contributed by atoms with E-state index in [9.17, 15) is 9.59 Å². The van der Waals surface area contributed by atoms with Crippen molar-refractivity contribution in [2.45, 2.75) is 6.42 Å². The molecule has 0 saturated heterocycles. The predicted octanol–water partition coefficient (Wildman–Crippen LogP) is 3.35. The highest BCUT2D eigenvalue weighted by Crippen LogP contribution is 2.20. The first-order chi connectivity index (χ1) is 13.7. The average Bonchev–Trinajstić information content (AvgIpc) is 2.76. The van der Waals surface area contributed by atoms with Gasteiger partial charge in [0.05, 0.1) is 11.4 Å². The summed E-state index contributed by atoms with van der Waals surface area (Å²) in [5.74, 6) is -0.700. The van der Waals surface area contributed by atoms with Gasteiger partial charge in [0.15, 0.2) is 0 Å². The van der Waals surface area contributed by atoms with E-state index in [0.717, 1.165) is 17.6 Å². The fourth-order valence-corrected chi connectivity index (χ4v) is 2.91. The number of carbonyl (C=O) groups is 2. The van der Waals surface area contributed by atoms with Crippen molar-refractivity contribution in [2.24, 2.45) is 0 Å². The number of nitrogens with zero attached hydrogens (tertiary/aromatic N) is 2. The van der Waals surface area contributed by atoms with Crippen molar-refractivity contribution >= 4 is 41.9 Å². The lowest BCUT2D eigenvalue weighted by molar-refractivity contribution is -0.125. The van der Waals surface area contributed by atoms with Crippen LogP contribution in [-0.4, -0.2) is 40.0 Å². The SMILES string of the molecule is Cl.O=C(C=Cc1cccc(C=CC(=O)N2CCC=C(c3ccccc3)C2)n1)NO. The Morgan fingerprint density at radius 3 is 2.38 bits per heavy atom. The van der Waals surface area contributed by atoms with E-state index in [-0.39, 0.29) is 18.3 Å². The van der Waals surface area contributed by atoms with E-state index in [4.69, 9.17) is 5.21 Å². The topological polar surface area (TPSA) is 82.5 Å². The number of amides is 2. The number of hydrogen-bond donors (Lipinski definition) is 2. The maximum absolute atomic E-state index is 12.6. The molecule has 0 unspecified atom stereocenters. The van der Waals surface area contributed by atoms with Gasteiger partial charge in [-0.1, -0.05) is 42.5 Å². The third kappa shape index (κ3) is 6.41. The van der Waals surface area contributed by atoms with Crippen LogP contribution in [0.1, 0.15) is 23.4 Å². The molecule has 2 N–H and O–H groups in total. The van der Waals surface area contributed by atoms with E-state index < -0.39 is 5.91 Å². The number of halogens is 1. The lowest BCUT2D eigenvalue weighted by atomic mass is 10.0. The minimum absolute atomic E-state index is 0. The van der Waals surface area contributed by atoms with Crippen LogP contribution in [0.25, 0.3) is 17.7 Å². The average molecular weight is 412 g/mol. The van der Waals surface area contributed by atoms with Crippen LogP contribution in [0.2, 0.25) is 0 Å². The summed E-state index contributed by atoms with van der Waals surface area (Å²) in [5, 5.41) is 8.50. The Labute approximate surface area is 175 Å². The number of carbonyl (C=O) groups excluding carboxylic acids is 2. The summed E-state index contributed by atoms with van der Waals surface area (Å²) in [5.41, 5.74) is 4.96. The Hall–Kier alpha value is -3.22. The van der Waals surface area contributed by atoms with Gasteiger partial charge < -0.3 is 4.90 Å². The molecule has 0 radical (unpaired) electrons. The summed E-state index contributed by atoms with van der Waals surface area (Å²) in [4.78, 5) is 29.8. The van der Waals surface area contributed by atoms with Gasteiger partial charge in [-0.25, -0.2) is 10.5 Å². The van der Waals surface area contributed by atoms with Crippen molar-refractivity contribution in [3.05, 3.63) is 83.7 Å². The van der Waals surface area contributed by atoms with Gasteiger partial charge in [-0.05, 0) is 41.8 Å². The zero-order chi connectivity index (χ0) is 19.8. The summed E-state index contributed by atoms with van der Waals surface area (Å²) < 4.78 is 0. The zero-order valence-electron chi connectivity index (χ0n) is 15.7. The van der Waals surface area contributed by atoms with E-state index in [1.54, 1.807) is 24.3 Å². The molecule has 0 atom stereocenters. The van der Waals surface area contributed by atoms with Crippen molar-refractivity contribution in [1.82, 2.24) is 15.4 Å². The molecule has 29 heavy (non-hydrogen) atoms. The number of hydroxylamine groups is 1. The summed E-state index contributed by atoms with van der Waals surface area (Å²) in [6.07, 6.45) is 8.84. The molecule has 150 valence electrons. The summed E-state index contributed by atoms with van der Waals surface area (Å²) >= 11 is 0. The van der Waals surface area contributed by atoms with Gasteiger partial charge in [0.2, 0.25) is 5.91 Å². The molecule has 0 fully saturated rings. The largest absolute Gasteiger partial charge is 0.335 e. The number of nitrogens with one attached hydrogen (secondary N) is 1. The van der Waals surface area contributed by atoms with Crippen molar-refractivity contribution in [3.8, 4) is 0 Å². The van der Waals surface area contributed by atoms with Crippen LogP contribution in [0.3, 0.4) is 0 Å². The Morgan fingerprint density at radius 1 is 1.00 bits per heavy atom. The van der Waals surface area contributed by atoms with E-state index in [2.05, 4.69) is 23.2 Å². The van der Waals surface area contributed by atoms with Gasteiger partial charge >= 0.3 is 0 Å². The van der Waals surface area contributed by atoms with Crippen LogP contribution in [0, 0.1) is 0 Å². The Balaban J connectivity index is 0.00000300. The molecule has 7 heteroatoms. The number of benzene rings is 1. The Kier molecular flexibility index (Phi) is 8.33. The fraction of sp³-hybridized carbons (Fsp3) is 0.136. The molecule has 6 nitrogen and oxygen atoms in total. The van der Waals surface area contributed by atoms with Crippen LogP contribution in [0.15, 0.2) is 66.8 Å². The summed E-state index contributed by atoms with van der Waals surface area (Å²) in [6, 6.07) is 15.4. The Bertz CT molecular complexity index is 939. The quantitative estimate of drug-likeness (QED) is 0.449. The van der Waals surface area contributed by atoms with Crippen molar-refractivity contribution in [2.75, 3.05) is 13.1 Å². The van der Waals surface area contributed by atoms with Crippen LogP contribution in [-0.2, 0) is 9.59 Å². The van der Waals surface area contributed by atoms with Crippen LogP contribution >= 0.6 is 12.4 Å². The van der Waals surface area contributed by atoms with Gasteiger partial charge in [0.1, 0.15) is 0 Å². The van der Waals surface area contributed by atoms with Gasteiger partial charge in [0, 0.05) is 25.2 Å². The number of aromatic nitrogens is 1. The van der Waals surface area contributed by atoms with Crippen LogP contribution < -0.4 is 5.48 Å². The van der Waals surface area contributed by atoms with E-state index in [0.29, 0.717) is 24.5 Å². The standard InChI is InChI=1S/C22H21N3O3.ClH/c26-21(24-28)13-11-19-9-4-10-20(23-19)12-14-22(27)25-15-5-8-18(16-25)17-6-2-1-3-7-17;/h1-4,6-14,28H,5,15-16H2,(H,24,26);1H. The second-order valence-corrected chi connectivity index (χ2v) is 6.27. The van der Waals surface area contributed by atoms with Crippen LogP contribution in [0.5, 0.6) is 0 Å². The van der Waals surface area contributed by atoms with Crippen molar-refractivity contribution < 1.29 is 14.8 Å². The summed E-state index contributed by atoms with van der Waals surface area (Å²) in [6.45, 7) is 1.27. The van der Waals surface area contributed by atoms with E-state index in [1.807, 2.05) is 23.1 Å². The number of hydrogen-bond acceptors (Lipinski definition) is 4. The first-order valence-electron chi connectivity index (χ1n) is 8.96. The highest BCUT2D eigenvalue weighted by molar-refractivity contribution is 5.93. The van der Waals surface area contributed by atoms with Gasteiger partial charge in [0.25, 0.3) is 5.91 Å². The maximum atomic E-state index is 12.6. The first kappa shape index (κ1) is 22.1. The minimum atomic E-state index is -0.634. The number of pyridine rings is 1. The second-order valence-electron chi connectivity index (χ2n) is 6.27. The predicted molar refractivity (Wildman–Crippen MR) is 115 cm³/mol. The third-order valence-electron chi connectivity index (χ3n) is 4.31. The van der Waals surface area contributed by atoms with Gasteiger partial charge in [-0.15, -0.1) is 12.4 Å². The molecule has 3 rings (SSSR count). The first-order valence-corrected chi connectivity index (χ1v) is 8.96. The fourth-order valence-electron chi connectivity index (χ4n) is 2.91. The molecule has 1 aromatic carbocycles. The molecule has 1 aromatic heterocycles. The monoisotopic (exact) mass is 411 g/mol. The number of rotatable bonds is 5. The van der Waals surface area contributed by atoms with Gasteiger partial charge in [-0.3, -0.25) is 14.8 Å². The highest BCUT2D eigenvalue weighted by Gasteiger charge is 2.17. The second kappa shape index (κ2) is 10.9. The highest BCUT2D eigenvalue weighted by atomic mass is 35.5. The van der Waals surface area contributed by atoms with E-state index >= 15 is 0 Å². The molecule has 0 spiro atoms. The molecular weight excluding hydrogens is 390 g/mol. The molecule has 2 aromatic rings. The molecule has 2 amide bonds. The minimum Gasteiger partial charge on any atom is -0.335 e. The van der Waals surface area contributed by atoms with Crippen molar-refractivity contribution in [1.29, 1.82) is 0 Å². The lowest BCUT2D eigenvalue weighted by Gasteiger charge is -2.26. The molecule has 1 aliphatic heterocycles. The molecular formula is C22H22ClN3O3. The normalized spacial score (nSPS) is 13.8. The maximum Gasteiger partial charge on any atom is 0.267 e. The summed E-state index contributed by atoms with van der Waals surface area (Å²) in [7, 11) is 0. The third-order valence-corrected chi connectivity index (χ3v) is 4.31. The smallest absolute Gasteiger partial charge is 0.267 e. The van der Waals surface area contributed by atoms with Gasteiger partial charge in [-0.2, -0.15) is 0 Å². The molecule has 2 heterocycles. The Morgan fingerprint density at radius 2 is 1.69 bits per heavy atom. The molecule has 1 aliphatic rings. The van der Waals surface area contributed by atoms with E-state index in [1.165, 1.54) is 23.7 Å². The molecule has 0 aliphatic carbocycles. The lowest BCUT2D eigenvalue weighted by Crippen LogP contribution is -2.34. The molecule has 0 bridgehead atoms. The van der Waals surface area contributed by atoms with Crippen molar-refractivity contribution in [3.63, 3.8) is 0 Å². The molecule has 0 saturated carbocycles. The van der Waals surface area contributed by atoms with Crippen LogP contribution in [0.4, 0.5) is 0 Å².